The lowest BCUT2D eigenvalue weighted by Gasteiger charge is -2.00. The quantitative estimate of drug-likeness (QED) is 0.797. The minimum absolute atomic E-state index is 0.0751. The van der Waals surface area contributed by atoms with Crippen LogP contribution in [0, 0.1) is 5.82 Å². The van der Waals surface area contributed by atoms with Crippen molar-refractivity contribution < 1.29 is 14.3 Å². The number of hydrogen-bond donors (Lipinski definition) is 2. The molecular formula is C10H6FN3O3. The summed E-state index contributed by atoms with van der Waals surface area (Å²) >= 11 is 0. The normalized spacial score (nSPS) is 10.2. The Morgan fingerprint density at radius 1 is 1.35 bits per heavy atom. The van der Waals surface area contributed by atoms with Crippen LogP contribution in [-0.2, 0) is 0 Å². The van der Waals surface area contributed by atoms with Gasteiger partial charge in [0.1, 0.15) is 11.5 Å². The molecule has 0 atom stereocenters. The molecule has 0 radical (unpaired) electrons. The number of aromatic carboxylic acids is 1. The smallest absolute Gasteiger partial charge is 0.352 e. The van der Waals surface area contributed by atoms with Crippen LogP contribution in [0.4, 0.5) is 4.39 Å². The Balaban J connectivity index is 2.55. The van der Waals surface area contributed by atoms with Crippen molar-refractivity contribution in [3.63, 3.8) is 0 Å². The first-order valence-electron chi connectivity index (χ1n) is 4.53. The Morgan fingerprint density at radius 2 is 2.12 bits per heavy atom. The van der Waals surface area contributed by atoms with E-state index in [9.17, 15) is 14.0 Å². The van der Waals surface area contributed by atoms with Crippen molar-refractivity contribution in [1.29, 1.82) is 0 Å². The molecule has 2 aromatic heterocycles. The fourth-order valence-corrected chi connectivity index (χ4v) is 1.23. The second-order valence-corrected chi connectivity index (χ2v) is 3.15. The largest absolute Gasteiger partial charge is 0.477 e. The summed E-state index contributed by atoms with van der Waals surface area (Å²) < 4.78 is 12.6. The van der Waals surface area contributed by atoms with E-state index in [0.717, 1.165) is 18.3 Å². The predicted molar refractivity (Wildman–Crippen MR) is 55.0 cm³/mol. The van der Waals surface area contributed by atoms with Gasteiger partial charge in [-0.05, 0) is 18.2 Å². The summed E-state index contributed by atoms with van der Waals surface area (Å²) in [7, 11) is 0. The van der Waals surface area contributed by atoms with Crippen molar-refractivity contribution in [2.24, 2.45) is 0 Å². The number of H-pyrrole nitrogens is 1. The molecule has 0 aromatic carbocycles. The molecule has 2 N–H and O–H groups in total. The number of pyridine rings is 1. The second-order valence-electron chi connectivity index (χ2n) is 3.15. The molecule has 0 bridgehead atoms. The van der Waals surface area contributed by atoms with Crippen molar-refractivity contribution >= 4 is 5.97 Å². The maximum absolute atomic E-state index is 12.6. The van der Waals surface area contributed by atoms with Crippen LogP contribution in [-0.4, -0.2) is 26.0 Å². The minimum atomic E-state index is -1.28. The maximum Gasteiger partial charge on any atom is 0.352 e. The lowest BCUT2D eigenvalue weighted by atomic mass is 10.2. The molecular weight excluding hydrogens is 229 g/mol. The number of carbonyl (C=O) groups is 1. The zero-order chi connectivity index (χ0) is 12.4. The van der Waals surface area contributed by atoms with Gasteiger partial charge in [-0.2, -0.15) is 4.98 Å². The van der Waals surface area contributed by atoms with E-state index in [0.29, 0.717) is 0 Å². The molecule has 0 fully saturated rings. The van der Waals surface area contributed by atoms with E-state index in [4.69, 9.17) is 5.11 Å². The molecule has 2 heterocycles. The number of nitrogens with one attached hydrogen (secondary N) is 1. The van der Waals surface area contributed by atoms with Crippen molar-refractivity contribution in [2.45, 2.75) is 0 Å². The number of halogens is 1. The molecule has 6 nitrogen and oxygen atoms in total. The standard InChI is InChI=1S/C10H6FN3O3/c11-5-1-2-6(12-4-5)7-3-8(9(15)16)14-10(17)13-7/h1-4H,(H,15,16)(H,13,14,17). The predicted octanol–water partition coefficient (Wildman–Crippen LogP) is 0.669. The molecule has 0 spiro atoms. The summed E-state index contributed by atoms with van der Waals surface area (Å²) in [6.45, 7) is 0. The molecule has 7 heteroatoms. The molecule has 0 aliphatic carbocycles. The lowest BCUT2D eigenvalue weighted by Crippen LogP contribution is -2.16. The average molecular weight is 235 g/mol. The first-order valence-corrected chi connectivity index (χ1v) is 4.53. The number of nitrogens with zero attached hydrogens (tertiary/aromatic N) is 2. The zero-order valence-corrected chi connectivity index (χ0v) is 8.35. The summed E-state index contributed by atoms with van der Waals surface area (Å²) in [5.74, 6) is -1.81. The highest BCUT2D eigenvalue weighted by Crippen LogP contribution is 2.13. The Labute approximate surface area is 93.8 Å². The van der Waals surface area contributed by atoms with E-state index in [1.54, 1.807) is 0 Å². The van der Waals surface area contributed by atoms with Crippen LogP contribution in [0.2, 0.25) is 0 Å². The van der Waals surface area contributed by atoms with Crippen LogP contribution < -0.4 is 5.69 Å². The van der Waals surface area contributed by atoms with E-state index in [2.05, 4.69) is 15.0 Å². The lowest BCUT2D eigenvalue weighted by molar-refractivity contribution is 0.0690. The summed E-state index contributed by atoms with van der Waals surface area (Å²) in [6.07, 6.45) is 0.957. The van der Waals surface area contributed by atoms with E-state index >= 15 is 0 Å². The van der Waals surface area contributed by atoms with Gasteiger partial charge in [0.2, 0.25) is 0 Å². The van der Waals surface area contributed by atoms with Gasteiger partial charge in [-0.3, -0.25) is 9.97 Å². The van der Waals surface area contributed by atoms with Gasteiger partial charge in [0.15, 0.2) is 0 Å². The third-order valence-electron chi connectivity index (χ3n) is 1.96. The number of carboxylic acid groups (broad SMARTS) is 1. The van der Waals surface area contributed by atoms with E-state index < -0.39 is 17.5 Å². The molecule has 0 saturated heterocycles. The van der Waals surface area contributed by atoms with Crippen LogP contribution in [0.15, 0.2) is 29.2 Å². The summed E-state index contributed by atoms with van der Waals surface area (Å²) in [5, 5.41) is 8.75. The van der Waals surface area contributed by atoms with Gasteiger partial charge in [0.05, 0.1) is 17.6 Å². The third kappa shape index (κ3) is 2.33. The number of carboxylic acids is 1. The Morgan fingerprint density at radius 3 is 2.71 bits per heavy atom. The first kappa shape index (κ1) is 10.9. The maximum atomic E-state index is 12.6. The molecule has 17 heavy (non-hydrogen) atoms. The molecule has 0 unspecified atom stereocenters. The van der Waals surface area contributed by atoms with Crippen LogP contribution in [0.3, 0.4) is 0 Å². The topological polar surface area (TPSA) is 95.9 Å². The monoisotopic (exact) mass is 235 g/mol. The Bertz CT molecular complexity index is 621. The van der Waals surface area contributed by atoms with Gasteiger partial charge in [-0.1, -0.05) is 0 Å². The fourth-order valence-electron chi connectivity index (χ4n) is 1.23. The molecule has 0 amide bonds. The van der Waals surface area contributed by atoms with Crippen molar-refractivity contribution in [3.05, 3.63) is 46.4 Å². The SMILES string of the molecule is O=C(O)c1cc(-c2ccc(F)cn2)nc(=O)[nH]1. The second kappa shape index (κ2) is 4.12. The van der Waals surface area contributed by atoms with Crippen LogP contribution >= 0.6 is 0 Å². The highest BCUT2D eigenvalue weighted by molar-refractivity contribution is 5.86. The van der Waals surface area contributed by atoms with Gasteiger partial charge in [0.25, 0.3) is 0 Å². The van der Waals surface area contributed by atoms with Gasteiger partial charge in [0, 0.05) is 0 Å². The zero-order valence-electron chi connectivity index (χ0n) is 8.35. The van der Waals surface area contributed by atoms with E-state index in [1.165, 1.54) is 6.07 Å². The molecule has 2 rings (SSSR count). The van der Waals surface area contributed by atoms with Crippen molar-refractivity contribution in [1.82, 2.24) is 15.0 Å². The minimum Gasteiger partial charge on any atom is -0.477 e. The average Bonchev–Trinajstić information content (AvgIpc) is 2.29. The fraction of sp³-hybridized carbons (Fsp3) is 0. The van der Waals surface area contributed by atoms with Crippen LogP contribution in [0.25, 0.3) is 11.4 Å². The number of rotatable bonds is 2. The first-order chi connectivity index (χ1) is 8.06. The van der Waals surface area contributed by atoms with Crippen molar-refractivity contribution in [2.75, 3.05) is 0 Å². The summed E-state index contributed by atoms with van der Waals surface area (Å²) in [6, 6.07) is 3.61. The van der Waals surface area contributed by atoms with E-state index in [1.807, 2.05) is 0 Å². The van der Waals surface area contributed by atoms with Gasteiger partial charge in [-0.25, -0.2) is 14.0 Å². The van der Waals surface area contributed by atoms with Crippen LogP contribution in [0.5, 0.6) is 0 Å². The number of hydrogen-bond acceptors (Lipinski definition) is 4. The molecule has 0 aliphatic rings. The van der Waals surface area contributed by atoms with E-state index in [-0.39, 0.29) is 17.1 Å². The Hall–Kier alpha value is -2.57. The third-order valence-corrected chi connectivity index (χ3v) is 1.96. The summed E-state index contributed by atoms with van der Waals surface area (Å²) in [4.78, 5) is 31.2. The molecule has 86 valence electrons. The van der Waals surface area contributed by atoms with Gasteiger partial charge < -0.3 is 5.11 Å². The molecule has 2 aromatic rings. The van der Waals surface area contributed by atoms with Crippen LogP contribution in [0.1, 0.15) is 10.5 Å². The Kier molecular flexibility index (Phi) is 2.65. The molecule has 0 saturated carbocycles. The van der Waals surface area contributed by atoms with Gasteiger partial charge >= 0.3 is 11.7 Å². The van der Waals surface area contributed by atoms with Gasteiger partial charge in [-0.15, -0.1) is 0 Å². The number of aromatic nitrogens is 3. The summed E-state index contributed by atoms with van der Waals surface area (Å²) in [5.41, 5.74) is -0.802. The molecule has 0 aliphatic heterocycles. The highest BCUT2D eigenvalue weighted by atomic mass is 19.1. The number of aromatic amines is 1. The van der Waals surface area contributed by atoms with Crippen molar-refractivity contribution in [3.8, 4) is 11.4 Å². The highest BCUT2D eigenvalue weighted by Gasteiger charge is 2.09.